The van der Waals surface area contributed by atoms with E-state index < -0.39 is 59.6 Å². The molecule has 0 fully saturated rings. The van der Waals surface area contributed by atoms with Gasteiger partial charge in [0.2, 0.25) is 5.91 Å². The van der Waals surface area contributed by atoms with Gasteiger partial charge >= 0.3 is 12.1 Å². The molecule has 0 aliphatic heterocycles. The molecule has 0 atom stereocenters. The highest BCUT2D eigenvalue weighted by atomic mass is 19.4. The Morgan fingerprint density at radius 1 is 1.03 bits per heavy atom. The molecule has 0 aromatic heterocycles. The number of nitrogens with one attached hydrogen (secondary N) is 2. The molecule has 2 rings (SSSR count). The Labute approximate surface area is 184 Å². The molecule has 0 unspecified atom stereocenters. The SMILES string of the molecule is COc1ccc([N+](=O)[O-])c(NC(=O)COC(=O)CCC(=O)Nc2cccc(C(F)(F)F)c2)c1. The number of rotatable bonds is 9. The van der Waals surface area contributed by atoms with Crippen molar-refractivity contribution in [2.45, 2.75) is 19.0 Å². The molecule has 0 saturated carbocycles. The van der Waals surface area contributed by atoms with E-state index in [9.17, 15) is 37.7 Å². The normalized spacial score (nSPS) is 10.8. The summed E-state index contributed by atoms with van der Waals surface area (Å²) in [7, 11) is 1.33. The van der Waals surface area contributed by atoms with Crippen molar-refractivity contribution in [2.24, 2.45) is 0 Å². The number of hydrogen-bond acceptors (Lipinski definition) is 7. The predicted molar refractivity (Wildman–Crippen MR) is 109 cm³/mol. The molecule has 2 aromatic carbocycles. The zero-order valence-corrected chi connectivity index (χ0v) is 17.1. The fourth-order valence-electron chi connectivity index (χ4n) is 2.52. The summed E-state index contributed by atoms with van der Waals surface area (Å²) in [5.41, 5.74) is -1.60. The minimum atomic E-state index is -4.57. The van der Waals surface area contributed by atoms with E-state index in [-0.39, 0.29) is 17.1 Å². The van der Waals surface area contributed by atoms with Gasteiger partial charge in [-0.05, 0) is 24.3 Å². The van der Waals surface area contributed by atoms with E-state index >= 15 is 0 Å². The summed E-state index contributed by atoms with van der Waals surface area (Å²) in [6.45, 7) is -0.775. The minimum Gasteiger partial charge on any atom is -0.497 e. The number of amides is 2. The molecule has 2 N–H and O–H groups in total. The van der Waals surface area contributed by atoms with Crippen molar-refractivity contribution in [1.82, 2.24) is 0 Å². The number of hydrogen-bond donors (Lipinski definition) is 2. The number of nitro benzene ring substituents is 1. The molecule has 0 saturated heterocycles. The van der Waals surface area contributed by atoms with Crippen molar-refractivity contribution in [3.8, 4) is 5.75 Å². The van der Waals surface area contributed by atoms with Crippen molar-refractivity contribution in [1.29, 1.82) is 0 Å². The molecule has 2 aromatic rings. The van der Waals surface area contributed by atoms with E-state index in [0.717, 1.165) is 24.3 Å². The molecule has 0 bridgehead atoms. The third-order valence-electron chi connectivity index (χ3n) is 4.07. The lowest BCUT2D eigenvalue weighted by Gasteiger charge is -2.10. The van der Waals surface area contributed by atoms with E-state index in [1.165, 1.54) is 25.3 Å². The zero-order valence-electron chi connectivity index (χ0n) is 17.1. The lowest BCUT2D eigenvalue weighted by atomic mass is 10.2. The molecule has 2 amide bonds. The number of ether oxygens (including phenoxy) is 2. The second-order valence-electron chi connectivity index (χ2n) is 6.48. The van der Waals surface area contributed by atoms with Crippen LogP contribution in [0.2, 0.25) is 0 Å². The first-order valence-electron chi connectivity index (χ1n) is 9.24. The molecule has 10 nitrogen and oxygen atoms in total. The van der Waals surface area contributed by atoms with Crippen LogP contribution in [-0.4, -0.2) is 36.4 Å². The Balaban J connectivity index is 1.82. The van der Waals surface area contributed by atoms with E-state index in [1.54, 1.807) is 0 Å². The topological polar surface area (TPSA) is 137 Å². The van der Waals surface area contributed by atoms with Gasteiger partial charge in [0, 0.05) is 24.2 Å². The number of halogens is 3. The van der Waals surface area contributed by atoms with Gasteiger partial charge < -0.3 is 20.1 Å². The largest absolute Gasteiger partial charge is 0.497 e. The van der Waals surface area contributed by atoms with Gasteiger partial charge in [-0.1, -0.05) is 6.07 Å². The molecule has 0 radical (unpaired) electrons. The predicted octanol–water partition coefficient (Wildman–Crippen LogP) is 3.52. The molecule has 0 aliphatic carbocycles. The lowest BCUT2D eigenvalue weighted by Crippen LogP contribution is -2.22. The van der Waals surface area contributed by atoms with Gasteiger partial charge in [0.25, 0.3) is 11.6 Å². The average molecular weight is 469 g/mol. The number of esters is 1. The Hall–Kier alpha value is -4.16. The van der Waals surface area contributed by atoms with E-state index in [2.05, 4.69) is 10.6 Å². The van der Waals surface area contributed by atoms with Gasteiger partial charge in [-0.2, -0.15) is 13.2 Å². The third-order valence-corrected chi connectivity index (χ3v) is 4.07. The lowest BCUT2D eigenvalue weighted by molar-refractivity contribution is -0.383. The van der Waals surface area contributed by atoms with Gasteiger partial charge in [0.15, 0.2) is 6.61 Å². The van der Waals surface area contributed by atoms with E-state index in [4.69, 9.17) is 9.47 Å². The summed E-state index contributed by atoms with van der Waals surface area (Å²) >= 11 is 0. The number of benzene rings is 2. The second-order valence-corrected chi connectivity index (χ2v) is 6.48. The maximum atomic E-state index is 12.7. The summed E-state index contributed by atoms with van der Waals surface area (Å²) in [4.78, 5) is 45.9. The molecular weight excluding hydrogens is 451 g/mol. The molecule has 13 heteroatoms. The van der Waals surface area contributed by atoms with Crippen molar-refractivity contribution >= 4 is 34.8 Å². The van der Waals surface area contributed by atoms with E-state index in [1.807, 2.05) is 0 Å². The number of anilines is 2. The Morgan fingerprint density at radius 2 is 1.76 bits per heavy atom. The number of nitrogens with zero attached hydrogens (tertiary/aromatic N) is 1. The Bertz CT molecular complexity index is 1060. The van der Waals surface area contributed by atoms with Crippen LogP contribution in [0.5, 0.6) is 5.75 Å². The highest BCUT2D eigenvalue weighted by Gasteiger charge is 2.30. The van der Waals surface area contributed by atoms with Crippen LogP contribution in [0.4, 0.5) is 30.2 Å². The number of nitro groups is 1. The fourth-order valence-corrected chi connectivity index (χ4v) is 2.52. The van der Waals surface area contributed by atoms with Crippen molar-refractivity contribution < 1.29 is 42.0 Å². The number of carbonyl (C=O) groups excluding carboxylic acids is 3. The van der Waals surface area contributed by atoms with Crippen LogP contribution in [-0.2, 0) is 25.3 Å². The monoisotopic (exact) mass is 469 g/mol. The first-order valence-corrected chi connectivity index (χ1v) is 9.24. The maximum Gasteiger partial charge on any atom is 0.416 e. The highest BCUT2D eigenvalue weighted by molar-refractivity contribution is 5.96. The van der Waals surface area contributed by atoms with Crippen LogP contribution in [0.3, 0.4) is 0 Å². The number of methoxy groups -OCH3 is 1. The maximum absolute atomic E-state index is 12.7. The van der Waals surface area contributed by atoms with Crippen molar-refractivity contribution in [3.05, 3.63) is 58.1 Å². The Kier molecular flexibility index (Phi) is 8.31. The molecule has 0 heterocycles. The first kappa shape index (κ1) is 25.1. The number of carbonyl (C=O) groups is 3. The van der Waals surface area contributed by atoms with Crippen LogP contribution in [0, 0.1) is 10.1 Å². The van der Waals surface area contributed by atoms with Crippen LogP contribution in [0.25, 0.3) is 0 Å². The summed E-state index contributed by atoms with van der Waals surface area (Å²) in [6, 6.07) is 7.65. The average Bonchev–Trinajstić information content (AvgIpc) is 2.75. The quantitative estimate of drug-likeness (QED) is 0.326. The molecule has 176 valence electrons. The third kappa shape index (κ3) is 7.79. The minimum absolute atomic E-state index is 0.0950. The van der Waals surface area contributed by atoms with Gasteiger partial charge in [0.1, 0.15) is 11.4 Å². The van der Waals surface area contributed by atoms with Crippen molar-refractivity contribution in [3.63, 3.8) is 0 Å². The van der Waals surface area contributed by atoms with Crippen LogP contribution in [0.1, 0.15) is 18.4 Å². The summed E-state index contributed by atoms with van der Waals surface area (Å²) in [5, 5.41) is 15.5. The summed E-state index contributed by atoms with van der Waals surface area (Å²) in [5.74, 6) is -2.28. The summed E-state index contributed by atoms with van der Waals surface area (Å²) < 4.78 is 47.8. The van der Waals surface area contributed by atoms with Gasteiger partial charge in [-0.15, -0.1) is 0 Å². The highest BCUT2D eigenvalue weighted by Crippen LogP contribution is 2.31. The standard InChI is InChI=1S/C20H18F3N3O7/c1-32-14-5-6-16(26(30)31)15(10-14)25-18(28)11-33-19(29)8-7-17(27)24-13-4-2-3-12(9-13)20(21,22)23/h2-6,9-10H,7-8,11H2,1H3,(H,24,27)(H,25,28). The molecular formula is C20H18F3N3O7. The van der Waals surface area contributed by atoms with Gasteiger partial charge in [-0.25, -0.2) is 0 Å². The smallest absolute Gasteiger partial charge is 0.416 e. The Morgan fingerprint density at radius 3 is 2.39 bits per heavy atom. The van der Waals surface area contributed by atoms with Gasteiger partial charge in [-0.3, -0.25) is 24.5 Å². The number of alkyl halides is 3. The fraction of sp³-hybridized carbons (Fsp3) is 0.250. The molecule has 33 heavy (non-hydrogen) atoms. The van der Waals surface area contributed by atoms with Crippen LogP contribution < -0.4 is 15.4 Å². The van der Waals surface area contributed by atoms with Crippen LogP contribution >= 0.6 is 0 Å². The van der Waals surface area contributed by atoms with Crippen molar-refractivity contribution in [2.75, 3.05) is 24.4 Å². The molecule has 0 spiro atoms. The summed E-state index contributed by atoms with van der Waals surface area (Å²) in [6.07, 6.45) is -5.42. The van der Waals surface area contributed by atoms with E-state index in [0.29, 0.717) is 0 Å². The first-order chi connectivity index (χ1) is 15.5. The molecule has 0 aliphatic rings. The van der Waals surface area contributed by atoms with Crippen LogP contribution in [0.15, 0.2) is 42.5 Å². The van der Waals surface area contributed by atoms with Gasteiger partial charge in [0.05, 0.1) is 24.0 Å². The second kappa shape index (κ2) is 10.9. The zero-order chi connectivity index (χ0) is 24.6.